The minimum absolute atomic E-state index is 0.0136. The van der Waals surface area contributed by atoms with Crippen LogP contribution in [0.25, 0.3) is 0 Å². The van der Waals surface area contributed by atoms with Crippen LogP contribution in [0.3, 0.4) is 0 Å². The zero-order valence-electron chi connectivity index (χ0n) is 14.7. The van der Waals surface area contributed by atoms with Crippen molar-refractivity contribution in [2.45, 2.75) is 38.1 Å². The fourth-order valence-corrected chi connectivity index (χ4v) is 4.43. The summed E-state index contributed by atoms with van der Waals surface area (Å²) in [5.41, 5.74) is 2.82. The molecule has 0 radical (unpaired) electrons. The summed E-state index contributed by atoms with van der Waals surface area (Å²) in [4.78, 5) is 24.0. The van der Waals surface area contributed by atoms with Crippen molar-refractivity contribution in [3.05, 3.63) is 39.8 Å². The highest BCUT2D eigenvalue weighted by Crippen LogP contribution is 2.30. The second-order valence-corrected chi connectivity index (χ2v) is 7.90. The van der Waals surface area contributed by atoms with E-state index >= 15 is 0 Å². The molecule has 0 aromatic carbocycles. The molecule has 4 rings (SSSR count). The zero-order valence-corrected chi connectivity index (χ0v) is 15.5. The smallest absolute Gasteiger partial charge is 0.252 e. The largest absolute Gasteiger partial charge is 0.396 e. The van der Waals surface area contributed by atoms with E-state index < -0.39 is 0 Å². The Morgan fingerprint density at radius 3 is 2.92 bits per heavy atom. The Kier molecular flexibility index (Phi) is 5.17. The van der Waals surface area contributed by atoms with Gasteiger partial charge in [-0.3, -0.25) is 4.79 Å². The molecule has 3 heterocycles. The third kappa shape index (κ3) is 3.59. The number of aliphatic hydroxyl groups is 1. The number of aromatic nitrogens is 2. The average molecular weight is 372 g/mol. The van der Waals surface area contributed by atoms with Crippen molar-refractivity contribution >= 4 is 23.2 Å². The number of carbonyl (C=O) groups is 1. The molecule has 2 aromatic rings. The summed E-state index contributed by atoms with van der Waals surface area (Å²) >= 11 is 1.53. The number of nitrogens with zero attached hydrogens (tertiary/aromatic N) is 3. The number of aliphatic hydroxyl groups excluding tert-OH is 1. The minimum Gasteiger partial charge on any atom is -0.396 e. The number of piperidine rings is 1. The fourth-order valence-electron chi connectivity index (χ4n) is 3.79. The van der Waals surface area contributed by atoms with Gasteiger partial charge >= 0.3 is 0 Å². The van der Waals surface area contributed by atoms with Gasteiger partial charge in [-0.1, -0.05) is 0 Å². The van der Waals surface area contributed by atoms with E-state index in [4.69, 9.17) is 4.98 Å². The number of carbonyl (C=O) groups excluding carboxylic acids is 1. The molecule has 138 valence electrons. The summed E-state index contributed by atoms with van der Waals surface area (Å²) in [6, 6.07) is 1.83. The topological polar surface area (TPSA) is 78.4 Å². The van der Waals surface area contributed by atoms with Crippen molar-refractivity contribution in [1.29, 1.82) is 0 Å². The van der Waals surface area contributed by atoms with Gasteiger partial charge in [-0.15, -0.1) is 0 Å². The number of hydrogen-bond donors (Lipinski definition) is 2. The number of nitrogens with one attached hydrogen (secondary N) is 1. The molecule has 1 aliphatic heterocycles. The summed E-state index contributed by atoms with van der Waals surface area (Å²) in [7, 11) is 0. The van der Waals surface area contributed by atoms with E-state index in [0.717, 1.165) is 62.4 Å². The van der Waals surface area contributed by atoms with Gasteiger partial charge in [0.25, 0.3) is 5.91 Å². The molecule has 1 saturated heterocycles. The Bertz CT molecular complexity index is 757. The van der Waals surface area contributed by atoms with Crippen LogP contribution in [0.4, 0.5) is 5.95 Å². The van der Waals surface area contributed by atoms with Crippen molar-refractivity contribution in [2.24, 2.45) is 5.92 Å². The summed E-state index contributed by atoms with van der Waals surface area (Å²) in [5, 5.41) is 16.2. The van der Waals surface area contributed by atoms with E-state index in [1.165, 1.54) is 11.3 Å². The lowest BCUT2D eigenvalue weighted by atomic mass is 9.92. The number of fused-ring (bicyclic) bond motifs is 1. The Balaban J connectivity index is 1.48. The highest BCUT2D eigenvalue weighted by Gasteiger charge is 2.26. The molecular weight excluding hydrogens is 348 g/mol. The fraction of sp³-hybridized carbons (Fsp3) is 0.526. The van der Waals surface area contributed by atoms with Crippen molar-refractivity contribution < 1.29 is 9.90 Å². The molecule has 1 atom stereocenters. The normalized spacial score (nSPS) is 20.7. The first-order valence-corrected chi connectivity index (χ1v) is 10.2. The second-order valence-electron chi connectivity index (χ2n) is 7.12. The highest BCUT2D eigenvalue weighted by atomic mass is 32.1. The standard InChI is InChI=1S/C19H24N4O2S/c24-11-13-4-7-23(8-5-13)19-20-10-15-16(2-1-3-17(15)22-19)21-18(25)14-6-9-26-12-14/h6,9-10,12-13,16,24H,1-5,7-8,11H2,(H,21,25)/t16-/m1/s1. The Hall–Kier alpha value is -1.99. The van der Waals surface area contributed by atoms with Gasteiger partial charge in [-0.25, -0.2) is 9.97 Å². The van der Waals surface area contributed by atoms with Crippen LogP contribution >= 0.6 is 11.3 Å². The van der Waals surface area contributed by atoms with Crippen LogP contribution in [0.15, 0.2) is 23.0 Å². The molecule has 1 aliphatic carbocycles. The second kappa shape index (κ2) is 7.72. The molecule has 0 bridgehead atoms. The van der Waals surface area contributed by atoms with E-state index in [0.29, 0.717) is 11.5 Å². The van der Waals surface area contributed by atoms with Crippen molar-refractivity contribution in [3.8, 4) is 0 Å². The first kappa shape index (κ1) is 17.4. The van der Waals surface area contributed by atoms with Gasteiger partial charge < -0.3 is 15.3 Å². The van der Waals surface area contributed by atoms with Gasteiger partial charge in [-0.2, -0.15) is 11.3 Å². The van der Waals surface area contributed by atoms with Gasteiger partial charge in [0, 0.05) is 36.8 Å². The molecule has 7 heteroatoms. The quantitative estimate of drug-likeness (QED) is 0.862. The van der Waals surface area contributed by atoms with Gasteiger partial charge in [0.05, 0.1) is 17.3 Å². The highest BCUT2D eigenvalue weighted by molar-refractivity contribution is 7.08. The molecule has 2 aliphatic rings. The summed E-state index contributed by atoms with van der Waals surface area (Å²) in [6.45, 7) is 2.05. The molecule has 2 aromatic heterocycles. The molecule has 2 N–H and O–H groups in total. The van der Waals surface area contributed by atoms with Gasteiger partial charge in [-0.05, 0) is 49.5 Å². The number of thiophene rings is 1. The number of hydrogen-bond acceptors (Lipinski definition) is 6. The maximum absolute atomic E-state index is 12.4. The van der Waals surface area contributed by atoms with E-state index in [2.05, 4.69) is 15.2 Å². The first-order chi connectivity index (χ1) is 12.7. The average Bonchev–Trinajstić information content (AvgIpc) is 3.23. The summed E-state index contributed by atoms with van der Waals surface area (Å²) in [5.74, 6) is 1.16. The molecular formula is C19H24N4O2S. The maximum atomic E-state index is 12.4. The molecule has 1 fully saturated rings. The van der Waals surface area contributed by atoms with Crippen LogP contribution < -0.4 is 10.2 Å². The third-order valence-corrected chi connectivity index (χ3v) is 6.10. The predicted octanol–water partition coefficient (Wildman–Crippen LogP) is 2.55. The lowest BCUT2D eigenvalue weighted by Gasteiger charge is -2.32. The van der Waals surface area contributed by atoms with E-state index in [-0.39, 0.29) is 18.6 Å². The molecule has 0 unspecified atom stereocenters. The number of amides is 1. The van der Waals surface area contributed by atoms with Crippen LogP contribution in [0.2, 0.25) is 0 Å². The summed E-state index contributed by atoms with van der Waals surface area (Å²) in [6.07, 6.45) is 6.74. The Morgan fingerprint density at radius 1 is 1.35 bits per heavy atom. The maximum Gasteiger partial charge on any atom is 0.252 e. The SMILES string of the molecule is O=C(N[C@@H]1CCCc2nc(N3CCC(CO)CC3)ncc21)c1ccsc1. The number of rotatable bonds is 4. The van der Waals surface area contributed by atoms with Crippen molar-refractivity contribution in [1.82, 2.24) is 15.3 Å². The molecule has 0 saturated carbocycles. The third-order valence-electron chi connectivity index (χ3n) is 5.41. The first-order valence-electron chi connectivity index (χ1n) is 9.29. The Morgan fingerprint density at radius 2 is 2.19 bits per heavy atom. The van der Waals surface area contributed by atoms with Crippen LogP contribution in [-0.2, 0) is 6.42 Å². The lowest BCUT2D eigenvalue weighted by molar-refractivity contribution is 0.0933. The molecule has 0 spiro atoms. The van der Waals surface area contributed by atoms with Crippen LogP contribution in [0.1, 0.15) is 53.3 Å². The van der Waals surface area contributed by atoms with Crippen LogP contribution in [0, 0.1) is 5.92 Å². The monoisotopic (exact) mass is 372 g/mol. The van der Waals surface area contributed by atoms with Gasteiger partial charge in [0.2, 0.25) is 5.95 Å². The molecule has 6 nitrogen and oxygen atoms in total. The Labute approximate surface area is 157 Å². The van der Waals surface area contributed by atoms with E-state index in [1.807, 2.05) is 23.0 Å². The van der Waals surface area contributed by atoms with E-state index in [1.54, 1.807) is 0 Å². The van der Waals surface area contributed by atoms with Gasteiger partial charge in [0.15, 0.2) is 0 Å². The zero-order chi connectivity index (χ0) is 17.9. The number of anilines is 1. The minimum atomic E-state index is -0.0285. The van der Waals surface area contributed by atoms with Gasteiger partial charge in [0.1, 0.15) is 0 Å². The predicted molar refractivity (Wildman–Crippen MR) is 102 cm³/mol. The van der Waals surface area contributed by atoms with Crippen molar-refractivity contribution in [2.75, 3.05) is 24.6 Å². The lowest BCUT2D eigenvalue weighted by Crippen LogP contribution is -2.36. The molecule has 26 heavy (non-hydrogen) atoms. The summed E-state index contributed by atoms with van der Waals surface area (Å²) < 4.78 is 0. The van der Waals surface area contributed by atoms with Crippen molar-refractivity contribution in [3.63, 3.8) is 0 Å². The van der Waals surface area contributed by atoms with Crippen LogP contribution in [-0.4, -0.2) is 40.7 Å². The number of aryl methyl sites for hydroxylation is 1. The van der Waals surface area contributed by atoms with E-state index in [9.17, 15) is 9.90 Å². The molecule has 1 amide bonds. The van der Waals surface area contributed by atoms with Crippen LogP contribution in [0.5, 0.6) is 0 Å².